The van der Waals surface area contributed by atoms with E-state index >= 15 is 0 Å². The molecule has 2 rings (SSSR count). The average Bonchev–Trinajstić information content (AvgIpc) is 2.70. The van der Waals surface area contributed by atoms with Crippen LogP contribution < -0.4 is 5.32 Å². The summed E-state index contributed by atoms with van der Waals surface area (Å²) < 4.78 is 19.7. The molecular formula is C15H19ClFNO. The Kier molecular flexibility index (Phi) is 4.16. The molecule has 1 heterocycles. The van der Waals surface area contributed by atoms with Crippen LogP contribution in [0.2, 0.25) is 5.02 Å². The molecule has 0 unspecified atom stereocenters. The molecule has 1 N–H and O–H groups in total. The third-order valence-corrected chi connectivity index (χ3v) is 3.41. The number of hydrogen-bond acceptors (Lipinski definition) is 2. The van der Waals surface area contributed by atoms with Gasteiger partial charge in [0, 0.05) is 17.0 Å². The van der Waals surface area contributed by atoms with Gasteiger partial charge in [-0.1, -0.05) is 39.3 Å². The zero-order chi connectivity index (χ0) is 14.2. The summed E-state index contributed by atoms with van der Waals surface area (Å²) in [6.45, 7) is 8.88. The van der Waals surface area contributed by atoms with E-state index in [4.69, 9.17) is 16.0 Å². The van der Waals surface area contributed by atoms with Crippen LogP contribution in [-0.4, -0.2) is 6.04 Å². The molecule has 0 saturated carbocycles. The van der Waals surface area contributed by atoms with E-state index in [-0.39, 0.29) is 16.5 Å². The van der Waals surface area contributed by atoms with Crippen LogP contribution in [0.1, 0.15) is 44.9 Å². The van der Waals surface area contributed by atoms with Gasteiger partial charge in [-0.05, 0) is 18.1 Å². The minimum atomic E-state index is -0.475. The molecule has 0 atom stereocenters. The molecule has 0 aliphatic heterocycles. The summed E-state index contributed by atoms with van der Waals surface area (Å²) in [6.07, 6.45) is 0. The molecule has 1 aromatic carbocycles. The van der Waals surface area contributed by atoms with E-state index in [1.165, 1.54) is 0 Å². The summed E-state index contributed by atoms with van der Waals surface area (Å²) in [4.78, 5) is 0. The van der Waals surface area contributed by atoms with Crippen molar-refractivity contribution in [1.82, 2.24) is 5.32 Å². The molecule has 0 spiro atoms. The Bertz CT molecular complexity index is 589. The zero-order valence-electron chi connectivity index (χ0n) is 11.7. The largest absolute Gasteiger partial charge is 0.456 e. The fourth-order valence-electron chi connectivity index (χ4n) is 2.23. The van der Waals surface area contributed by atoms with Crippen LogP contribution in [0, 0.1) is 5.82 Å². The topological polar surface area (TPSA) is 25.2 Å². The Morgan fingerprint density at radius 1 is 1.26 bits per heavy atom. The molecule has 0 bridgehead atoms. The minimum Gasteiger partial charge on any atom is -0.456 e. The van der Waals surface area contributed by atoms with E-state index in [1.54, 1.807) is 6.07 Å². The summed E-state index contributed by atoms with van der Waals surface area (Å²) in [6, 6.07) is 3.76. The molecule has 19 heavy (non-hydrogen) atoms. The lowest BCUT2D eigenvalue weighted by Crippen LogP contribution is -2.22. The van der Waals surface area contributed by atoms with Crippen LogP contribution in [-0.2, 0) is 6.54 Å². The molecule has 0 aliphatic carbocycles. The normalized spacial score (nSPS) is 12.0. The molecule has 104 valence electrons. The molecule has 4 heteroatoms. The molecular weight excluding hydrogens is 265 g/mol. The summed E-state index contributed by atoms with van der Waals surface area (Å²) in [5, 5.41) is 4.22. The highest BCUT2D eigenvalue weighted by molar-refractivity contribution is 6.31. The van der Waals surface area contributed by atoms with Gasteiger partial charge >= 0.3 is 0 Å². The van der Waals surface area contributed by atoms with Gasteiger partial charge in [-0.2, -0.15) is 0 Å². The first-order valence-corrected chi connectivity index (χ1v) is 6.92. The maximum atomic E-state index is 14.0. The molecule has 2 aromatic rings. The summed E-state index contributed by atoms with van der Waals surface area (Å²) in [5.41, 5.74) is 1.32. The van der Waals surface area contributed by atoms with Crippen molar-refractivity contribution in [2.75, 3.05) is 0 Å². The Morgan fingerprint density at radius 2 is 1.95 bits per heavy atom. The highest BCUT2D eigenvalue weighted by atomic mass is 35.5. The van der Waals surface area contributed by atoms with Crippen molar-refractivity contribution in [2.24, 2.45) is 0 Å². The molecule has 0 saturated heterocycles. The van der Waals surface area contributed by atoms with Gasteiger partial charge in [0.05, 0.1) is 11.6 Å². The predicted octanol–water partition coefficient (Wildman–Crippen LogP) is 4.85. The van der Waals surface area contributed by atoms with Crippen molar-refractivity contribution in [1.29, 1.82) is 0 Å². The minimum absolute atomic E-state index is 0.0972. The van der Waals surface area contributed by atoms with Gasteiger partial charge < -0.3 is 9.73 Å². The lowest BCUT2D eigenvalue weighted by atomic mass is 9.99. The Morgan fingerprint density at radius 3 is 2.53 bits per heavy atom. The number of halogens is 2. The first-order valence-electron chi connectivity index (χ1n) is 6.54. The number of furan rings is 1. The van der Waals surface area contributed by atoms with E-state index in [0.717, 1.165) is 16.7 Å². The van der Waals surface area contributed by atoms with Gasteiger partial charge in [-0.3, -0.25) is 0 Å². The molecule has 1 aromatic heterocycles. The van der Waals surface area contributed by atoms with Crippen molar-refractivity contribution < 1.29 is 8.81 Å². The van der Waals surface area contributed by atoms with Gasteiger partial charge in [0.1, 0.15) is 5.76 Å². The Labute approximate surface area is 117 Å². The predicted molar refractivity (Wildman–Crippen MR) is 77.2 cm³/mol. The van der Waals surface area contributed by atoms with Crippen LogP contribution >= 0.6 is 11.6 Å². The summed E-state index contributed by atoms with van der Waals surface area (Å²) >= 11 is 5.81. The monoisotopic (exact) mass is 283 g/mol. The van der Waals surface area contributed by atoms with Crippen molar-refractivity contribution in [3.05, 3.63) is 34.3 Å². The number of benzene rings is 1. The molecule has 0 amide bonds. The van der Waals surface area contributed by atoms with Gasteiger partial charge in [-0.15, -0.1) is 0 Å². The van der Waals surface area contributed by atoms with Crippen molar-refractivity contribution in [2.45, 2.75) is 46.2 Å². The van der Waals surface area contributed by atoms with Crippen LogP contribution in [0.3, 0.4) is 0 Å². The van der Waals surface area contributed by atoms with Crippen molar-refractivity contribution in [3.8, 4) is 0 Å². The maximum absolute atomic E-state index is 14.0. The first kappa shape index (κ1) is 14.4. The van der Waals surface area contributed by atoms with Gasteiger partial charge in [0.15, 0.2) is 11.4 Å². The van der Waals surface area contributed by atoms with Crippen LogP contribution in [0.5, 0.6) is 0 Å². The van der Waals surface area contributed by atoms with Crippen LogP contribution in [0.15, 0.2) is 16.5 Å². The fraction of sp³-hybridized carbons (Fsp3) is 0.467. The first-order chi connectivity index (χ1) is 8.91. The van der Waals surface area contributed by atoms with Crippen molar-refractivity contribution in [3.63, 3.8) is 0 Å². The molecule has 2 nitrogen and oxygen atoms in total. The third kappa shape index (κ3) is 2.77. The standard InChI is InChI=1S/C15H19ClFNO/c1-8(2)13-10-5-6-11(16)14(17)15(10)19-12(13)7-18-9(3)4/h5-6,8-9,18H,7H2,1-4H3. The van der Waals surface area contributed by atoms with Crippen LogP contribution in [0.4, 0.5) is 4.39 Å². The van der Waals surface area contributed by atoms with E-state index in [2.05, 4.69) is 33.0 Å². The molecule has 0 aliphatic rings. The smallest absolute Gasteiger partial charge is 0.184 e. The van der Waals surface area contributed by atoms with Gasteiger partial charge in [0.2, 0.25) is 0 Å². The molecule has 0 fully saturated rings. The summed E-state index contributed by atoms with van der Waals surface area (Å²) in [7, 11) is 0. The highest BCUT2D eigenvalue weighted by Gasteiger charge is 2.20. The number of fused-ring (bicyclic) bond motifs is 1. The number of nitrogens with one attached hydrogen (secondary N) is 1. The Balaban J connectivity index is 2.56. The maximum Gasteiger partial charge on any atom is 0.184 e. The molecule has 0 radical (unpaired) electrons. The van der Waals surface area contributed by atoms with Crippen molar-refractivity contribution >= 4 is 22.6 Å². The SMILES string of the molecule is CC(C)NCc1oc2c(F)c(Cl)ccc2c1C(C)C. The van der Waals surface area contributed by atoms with Crippen LogP contribution in [0.25, 0.3) is 11.0 Å². The lowest BCUT2D eigenvalue weighted by molar-refractivity contribution is 0.469. The van der Waals surface area contributed by atoms with E-state index < -0.39 is 5.82 Å². The number of rotatable bonds is 4. The number of hydrogen-bond donors (Lipinski definition) is 1. The second-order valence-electron chi connectivity index (χ2n) is 5.37. The van der Waals surface area contributed by atoms with E-state index in [9.17, 15) is 4.39 Å². The average molecular weight is 284 g/mol. The van der Waals surface area contributed by atoms with Gasteiger partial charge in [0.25, 0.3) is 0 Å². The second-order valence-corrected chi connectivity index (χ2v) is 5.77. The fourth-order valence-corrected chi connectivity index (χ4v) is 2.38. The lowest BCUT2D eigenvalue weighted by Gasteiger charge is -2.09. The quantitative estimate of drug-likeness (QED) is 0.868. The van der Waals surface area contributed by atoms with E-state index in [0.29, 0.717) is 12.6 Å². The van der Waals surface area contributed by atoms with E-state index in [1.807, 2.05) is 6.07 Å². The Hall–Kier alpha value is -1.06. The zero-order valence-corrected chi connectivity index (χ0v) is 12.4. The summed E-state index contributed by atoms with van der Waals surface area (Å²) in [5.74, 6) is 0.586. The van der Waals surface area contributed by atoms with Gasteiger partial charge in [-0.25, -0.2) is 4.39 Å². The highest BCUT2D eigenvalue weighted by Crippen LogP contribution is 2.35. The second kappa shape index (κ2) is 5.51. The third-order valence-electron chi connectivity index (χ3n) is 3.11.